The summed E-state index contributed by atoms with van der Waals surface area (Å²) in [6, 6.07) is 4.92. The van der Waals surface area contributed by atoms with Crippen molar-refractivity contribution >= 4 is 17.3 Å². The van der Waals surface area contributed by atoms with Gasteiger partial charge in [0.2, 0.25) is 0 Å². The fraction of sp³-hybridized carbons (Fsp3) is 0.333. The van der Waals surface area contributed by atoms with Crippen LogP contribution in [0.3, 0.4) is 0 Å². The molecule has 0 spiro atoms. The van der Waals surface area contributed by atoms with Gasteiger partial charge in [-0.25, -0.2) is 0 Å². The van der Waals surface area contributed by atoms with Crippen LogP contribution in [0.1, 0.15) is 18.0 Å². The molecule has 0 amide bonds. The molecule has 1 rings (SSSR count). The van der Waals surface area contributed by atoms with E-state index in [1.165, 1.54) is 0 Å². The SMILES string of the molecule is Nc1ccc(Cl)c([C@@H](N)CCO)c1. The Morgan fingerprint density at radius 1 is 1.46 bits per heavy atom. The maximum Gasteiger partial charge on any atom is 0.0455 e. The van der Waals surface area contributed by atoms with Crippen molar-refractivity contribution in [2.45, 2.75) is 12.5 Å². The lowest BCUT2D eigenvalue weighted by Crippen LogP contribution is -2.12. The number of aliphatic hydroxyl groups excluding tert-OH is 1. The zero-order chi connectivity index (χ0) is 9.84. The van der Waals surface area contributed by atoms with E-state index < -0.39 is 0 Å². The average molecular weight is 201 g/mol. The minimum atomic E-state index is -0.249. The first-order valence-electron chi connectivity index (χ1n) is 4.06. The number of anilines is 1. The van der Waals surface area contributed by atoms with Crippen molar-refractivity contribution in [3.05, 3.63) is 28.8 Å². The van der Waals surface area contributed by atoms with Crippen LogP contribution in [0.2, 0.25) is 5.02 Å². The van der Waals surface area contributed by atoms with Crippen molar-refractivity contribution in [3.63, 3.8) is 0 Å². The molecular formula is C9H13ClN2O. The van der Waals surface area contributed by atoms with E-state index in [-0.39, 0.29) is 12.6 Å². The highest BCUT2D eigenvalue weighted by atomic mass is 35.5. The van der Waals surface area contributed by atoms with Crippen LogP contribution in [0.5, 0.6) is 0 Å². The third-order valence-electron chi connectivity index (χ3n) is 1.86. The van der Waals surface area contributed by atoms with Crippen LogP contribution in [0, 0.1) is 0 Å². The van der Waals surface area contributed by atoms with Gasteiger partial charge in [0.1, 0.15) is 0 Å². The van der Waals surface area contributed by atoms with Gasteiger partial charge in [0.15, 0.2) is 0 Å². The number of hydrogen-bond donors (Lipinski definition) is 3. The van der Waals surface area contributed by atoms with E-state index in [1.54, 1.807) is 18.2 Å². The van der Waals surface area contributed by atoms with E-state index in [0.717, 1.165) is 5.56 Å². The Kier molecular flexibility index (Phi) is 3.54. The predicted molar refractivity (Wildman–Crippen MR) is 54.5 cm³/mol. The van der Waals surface area contributed by atoms with E-state index in [0.29, 0.717) is 17.1 Å². The van der Waals surface area contributed by atoms with E-state index in [4.69, 9.17) is 28.2 Å². The first kappa shape index (κ1) is 10.3. The van der Waals surface area contributed by atoms with Crippen LogP contribution in [-0.2, 0) is 0 Å². The molecule has 4 heteroatoms. The van der Waals surface area contributed by atoms with Gasteiger partial charge in [0.05, 0.1) is 0 Å². The molecule has 72 valence electrons. The minimum absolute atomic E-state index is 0.0479. The zero-order valence-corrected chi connectivity index (χ0v) is 7.96. The summed E-state index contributed by atoms with van der Waals surface area (Å²) >= 11 is 5.91. The van der Waals surface area contributed by atoms with Crippen LogP contribution in [-0.4, -0.2) is 11.7 Å². The predicted octanol–water partition coefficient (Wildman–Crippen LogP) is 1.30. The van der Waals surface area contributed by atoms with Gasteiger partial charge in [-0.2, -0.15) is 0 Å². The number of rotatable bonds is 3. The van der Waals surface area contributed by atoms with Crippen LogP contribution in [0.25, 0.3) is 0 Å². The van der Waals surface area contributed by atoms with Crippen LogP contribution in [0.15, 0.2) is 18.2 Å². The Hall–Kier alpha value is -0.770. The third kappa shape index (κ3) is 2.59. The Bertz CT molecular complexity index is 291. The summed E-state index contributed by atoms with van der Waals surface area (Å²) in [4.78, 5) is 0. The molecule has 0 unspecified atom stereocenters. The summed E-state index contributed by atoms with van der Waals surface area (Å²) in [6.45, 7) is 0.0479. The van der Waals surface area contributed by atoms with Gasteiger partial charge >= 0.3 is 0 Å². The number of aliphatic hydroxyl groups is 1. The van der Waals surface area contributed by atoms with Gasteiger partial charge in [-0.05, 0) is 30.2 Å². The fourth-order valence-electron chi connectivity index (χ4n) is 1.14. The van der Waals surface area contributed by atoms with Gasteiger partial charge in [0, 0.05) is 23.4 Å². The van der Waals surface area contributed by atoms with E-state index in [2.05, 4.69) is 0 Å². The topological polar surface area (TPSA) is 72.3 Å². The van der Waals surface area contributed by atoms with Crippen molar-refractivity contribution in [1.29, 1.82) is 0 Å². The average Bonchev–Trinajstić information content (AvgIpc) is 2.09. The normalized spacial score (nSPS) is 12.8. The second kappa shape index (κ2) is 4.46. The zero-order valence-electron chi connectivity index (χ0n) is 7.20. The molecule has 0 radical (unpaired) electrons. The number of benzene rings is 1. The molecular weight excluding hydrogens is 188 g/mol. The Labute approximate surface area is 82.3 Å². The smallest absolute Gasteiger partial charge is 0.0455 e. The summed E-state index contributed by atoms with van der Waals surface area (Å²) in [6.07, 6.45) is 0.489. The number of nitrogens with two attached hydrogens (primary N) is 2. The first-order valence-corrected chi connectivity index (χ1v) is 4.44. The molecule has 1 aromatic rings. The van der Waals surface area contributed by atoms with E-state index >= 15 is 0 Å². The lowest BCUT2D eigenvalue weighted by atomic mass is 10.0. The standard InChI is InChI=1S/C9H13ClN2O/c10-8-2-1-6(11)5-7(8)9(12)3-4-13/h1-2,5,9,13H,3-4,11-12H2/t9-/m0/s1. The van der Waals surface area contributed by atoms with Crippen molar-refractivity contribution in [3.8, 4) is 0 Å². The molecule has 5 N–H and O–H groups in total. The summed E-state index contributed by atoms with van der Waals surface area (Å²) in [5.41, 5.74) is 12.8. The first-order chi connectivity index (χ1) is 6.15. The summed E-state index contributed by atoms with van der Waals surface area (Å²) < 4.78 is 0. The van der Waals surface area contributed by atoms with E-state index in [1.807, 2.05) is 0 Å². The Balaban J connectivity index is 2.91. The third-order valence-corrected chi connectivity index (χ3v) is 2.20. The molecule has 0 heterocycles. The summed E-state index contributed by atoms with van der Waals surface area (Å²) in [5.74, 6) is 0. The second-order valence-corrected chi connectivity index (χ2v) is 3.31. The number of hydrogen-bond acceptors (Lipinski definition) is 3. The lowest BCUT2D eigenvalue weighted by Gasteiger charge is -2.12. The molecule has 0 saturated carbocycles. The van der Waals surface area contributed by atoms with Gasteiger partial charge < -0.3 is 16.6 Å². The molecule has 1 aromatic carbocycles. The van der Waals surface area contributed by atoms with Gasteiger partial charge in [0.25, 0.3) is 0 Å². The molecule has 0 saturated heterocycles. The van der Waals surface area contributed by atoms with Crippen molar-refractivity contribution < 1.29 is 5.11 Å². The lowest BCUT2D eigenvalue weighted by molar-refractivity contribution is 0.276. The van der Waals surface area contributed by atoms with Gasteiger partial charge in [-0.3, -0.25) is 0 Å². The molecule has 0 aromatic heterocycles. The second-order valence-electron chi connectivity index (χ2n) is 2.90. The molecule has 3 nitrogen and oxygen atoms in total. The van der Waals surface area contributed by atoms with Gasteiger partial charge in [-0.15, -0.1) is 0 Å². The molecule has 0 aliphatic heterocycles. The molecule has 0 aliphatic carbocycles. The molecule has 13 heavy (non-hydrogen) atoms. The van der Waals surface area contributed by atoms with Crippen molar-refractivity contribution in [1.82, 2.24) is 0 Å². The maximum atomic E-state index is 8.70. The molecule has 0 fully saturated rings. The summed E-state index contributed by atoms with van der Waals surface area (Å²) in [5, 5.41) is 9.30. The maximum absolute atomic E-state index is 8.70. The number of halogens is 1. The summed E-state index contributed by atoms with van der Waals surface area (Å²) in [7, 11) is 0. The minimum Gasteiger partial charge on any atom is -0.399 e. The van der Waals surface area contributed by atoms with Gasteiger partial charge in [-0.1, -0.05) is 11.6 Å². The van der Waals surface area contributed by atoms with Crippen LogP contribution < -0.4 is 11.5 Å². The van der Waals surface area contributed by atoms with Crippen molar-refractivity contribution in [2.24, 2.45) is 5.73 Å². The highest BCUT2D eigenvalue weighted by molar-refractivity contribution is 6.31. The Morgan fingerprint density at radius 3 is 2.77 bits per heavy atom. The Morgan fingerprint density at radius 2 is 2.15 bits per heavy atom. The van der Waals surface area contributed by atoms with Crippen molar-refractivity contribution in [2.75, 3.05) is 12.3 Å². The monoisotopic (exact) mass is 200 g/mol. The van der Waals surface area contributed by atoms with E-state index in [9.17, 15) is 0 Å². The molecule has 1 atom stereocenters. The number of nitrogen functional groups attached to an aromatic ring is 1. The highest BCUT2D eigenvalue weighted by Gasteiger charge is 2.09. The molecule has 0 aliphatic rings. The largest absolute Gasteiger partial charge is 0.399 e. The molecule has 0 bridgehead atoms. The highest BCUT2D eigenvalue weighted by Crippen LogP contribution is 2.25. The van der Waals surface area contributed by atoms with Crippen LogP contribution >= 0.6 is 11.6 Å². The quantitative estimate of drug-likeness (QED) is 0.645. The van der Waals surface area contributed by atoms with Crippen LogP contribution in [0.4, 0.5) is 5.69 Å². The fourth-order valence-corrected chi connectivity index (χ4v) is 1.40.